The van der Waals surface area contributed by atoms with Crippen LogP contribution in [0.1, 0.15) is 11.1 Å². The lowest BCUT2D eigenvalue weighted by Gasteiger charge is -2.03. The molecule has 0 unspecified atom stereocenters. The highest BCUT2D eigenvalue weighted by Crippen LogP contribution is 2.18. The summed E-state index contributed by atoms with van der Waals surface area (Å²) in [4.78, 5) is 11.9. The van der Waals surface area contributed by atoms with E-state index in [0.717, 1.165) is 22.6 Å². The minimum Gasteiger partial charge on any atom is -0.348 e. The van der Waals surface area contributed by atoms with Gasteiger partial charge in [0.15, 0.2) is 0 Å². The Hall–Kier alpha value is -2.44. The first-order chi connectivity index (χ1) is 12.3. The van der Waals surface area contributed by atoms with Crippen molar-refractivity contribution in [1.29, 1.82) is 0 Å². The number of carbonyl (C=O) groups is 1. The summed E-state index contributed by atoms with van der Waals surface area (Å²) in [6.45, 7) is 0.502. The third kappa shape index (κ3) is 5.55. The molecular formula is C19H17N3OS2. The third-order valence-electron chi connectivity index (χ3n) is 3.48. The highest BCUT2D eigenvalue weighted by atomic mass is 32.2. The van der Waals surface area contributed by atoms with Crippen molar-refractivity contribution in [2.45, 2.75) is 12.3 Å². The molecule has 1 amide bonds. The molecule has 0 saturated heterocycles. The summed E-state index contributed by atoms with van der Waals surface area (Å²) in [5.41, 5.74) is 4.19. The van der Waals surface area contributed by atoms with E-state index < -0.39 is 0 Å². The normalized spacial score (nSPS) is 10.9. The molecule has 0 saturated carbocycles. The van der Waals surface area contributed by atoms with E-state index in [1.165, 1.54) is 17.1 Å². The van der Waals surface area contributed by atoms with Crippen molar-refractivity contribution in [2.24, 2.45) is 0 Å². The Morgan fingerprint density at radius 1 is 1.08 bits per heavy atom. The fraction of sp³-hybridized carbons (Fsp3) is 0.105. The molecule has 2 aromatic carbocycles. The molecule has 0 bridgehead atoms. The van der Waals surface area contributed by atoms with Gasteiger partial charge in [-0.2, -0.15) is 0 Å². The lowest BCUT2D eigenvalue weighted by Crippen LogP contribution is -2.20. The van der Waals surface area contributed by atoms with Gasteiger partial charge in [-0.15, -0.1) is 16.9 Å². The number of thioether (sulfide) groups is 1. The Kier molecular flexibility index (Phi) is 6.36. The Bertz CT molecular complexity index is 816. The predicted molar refractivity (Wildman–Crippen MR) is 104 cm³/mol. The lowest BCUT2D eigenvalue weighted by molar-refractivity contribution is -0.116. The molecular weight excluding hydrogens is 350 g/mol. The smallest absolute Gasteiger partial charge is 0.244 e. The molecule has 0 radical (unpaired) electrons. The molecule has 6 heteroatoms. The van der Waals surface area contributed by atoms with Gasteiger partial charge in [-0.3, -0.25) is 4.79 Å². The Balaban J connectivity index is 1.42. The van der Waals surface area contributed by atoms with Crippen molar-refractivity contribution in [1.82, 2.24) is 14.9 Å². The molecule has 4 nitrogen and oxygen atoms in total. The number of carbonyl (C=O) groups excluding carboxylic acids is 1. The highest BCUT2D eigenvalue weighted by Gasteiger charge is 2.02. The second-order valence-electron chi connectivity index (χ2n) is 5.30. The van der Waals surface area contributed by atoms with E-state index in [-0.39, 0.29) is 5.91 Å². The van der Waals surface area contributed by atoms with Crippen LogP contribution in [0.25, 0.3) is 11.3 Å². The van der Waals surface area contributed by atoms with Crippen molar-refractivity contribution >= 4 is 29.2 Å². The van der Waals surface area contributed by atoms with Crippen LogP contribution in [-0.2, 0) is 17.1 Å². The third-order valence-corrected chi connectivity index (χ3v) is 4.82. The van der Waals surface area contributed by atoms with Gasteiger partial charge in [-0.05, 0) is 28.1 Å². The molecule has 1 aromatic heterocycles. The molecule has 1 N–H and O–H groups in total. The molecule has 0 atom stereocenters. The minimum absolute atomic E-state index is 0.0895. The SMILES string of the molecule is O=C(C=CSCc1ccccc1)NCc1ccc(-c2csnn2)cc1. The first-order valence-electron chi connectivity index (χ1n) is 7.77. The standard InChI is InChI=1S/C19H17N3OS2/c23-19(10-11-24-13-16-4-2-1-3-5-16)20-12-15-6-8-17(9-7-15)18-14-25-22-21-18/h1-11,14H,12-13H2,(H,20,23). The number of aromatic nitrogens is 2. The van der Waals surface area contributed by atoms with E-state index in [4.69, 9.17) is 0 Å². The van der Waals surface area contributed by atoms with Gasteiger partial charge in [0.2, 0.25) is 5.91 Å². The Morgan fingerprint density at radius 2 is 1.88 bits per heavy atom. The number of nitrogens with one attached hydrogen (secondary N) is 1. The van der Waals surface area contributed by atoms with Crippen LogP contribution in [-0.4, -0.2) is 15.5 Å². The van der Waals surface area contributed by atoms with Crippen LogP contribution in [0.4, 0.5) is 0 Å². The van der Waals surface area contributed by atoms with Crippen LogP contribution in [0.2, 0.25) is 0 Å². The van der Waals surface area contributed by atoms with Gasteiger partial charge in [0.05, 0.1) is 0 Å². The molecule has 3 aromatic rings. The van der Waals surface area contributed by atoms with Gasteiger partial charge in [0, 0.05) is 29.3 Å². The van der Waals surface area contributed by atoms with E-state index in [0.29, 0.717) is 6.54 Å². The first kappa shape index (κ1) is 17.4. The van der Waals surface area contributed by atoms with Crippen molar-refractivity contribution < 1.29 is 4.79 Å². The van der Waals surface area contributed by atoms with E-state index in [2.05, 4.69) is 27.0 Å². The van der Waals surface area contributed by atoms with Crippen LogP contribution >= 0.6 is 23.3 Å². The quantitative estimate of drug-likeness (QED) is 0.634. The zero-order chi connectivity index (χ0) is 17.3. The number of rotatable bonds is 7. The maximum Gasteiger partial charge on any atom is 0.244 e. The largest absolute Gasteiger partial charge is 0.348 e. The number of hydrogen-bond acceptors (Lipinski definition) is 5. The Labute approximate surface area is 155 Å². The van der Waals surface area contributed by atoms with E-state index in [1.54, 1.807) is 17.8 Å². The second-order valence-corrected chi connectivity index (χ2v) is 6.81. The highest BCUT2D eigenvalue weighted by molar-refractivity contribution is 8.01. The maximum absolute atomic E-state index is 11.9. The van der Waals surface area contributed by atoms with Crippen molar-refractivity contribution in [3.05, 3.63) is 82.6 Å². The van der Waals surface area contributed by atoms with Gasteiger partial charge >= 0.3 is 0 Å². The van der Waals surface area contributed by atoms with Crippen molar-refractivity contribution in [2.75, 3.05) is 0 Å². The van der Waals surface area contributed by atoms with Crippen LogP contribution in [0.15, 0.2) is 71.5 Å². The summed E-state index contributed by atoms with van der Waals surface area (Å²) in [5.74, 6) is 0.769. The summed E-state index contributed by atoms with van der Waals surface area (Å²) in [5, 5.41) is 10.7. The van der Waals surface area contributed by atoms with Crippen LogP contribution in [0.5, 0.6) is 0 Å². The summed E-state index contributed by atoms with van der Waals surface area (Å²) < 4.78 is 3.86. The van der Waals surface area contributed by atoms with E-state index in [1.807, 2.05) is 53.3 Å². The van der Waals surface area contributed by atoms with Crippen LogP contribution in [0.3, 0.4) is 0 Å². The van der Waals surface area contributed by atoms with Crippen LogP contribution < -0.4 is 5.32 Å². The van der Waals surface area contributed by atoms with Gasteiger partial charge in [0.1, 0.15) is 5.69 Å². The molecule has 126 valence electrons. The molecule has 0 aliphatic rings. The van der Waals surface area contributed by atoms with Gasteiger partial charge < -0.3 is 5.32 Å². The van der Waals surface area contributed by atoms with Crippen molar-refractivity contribution in [3.63, 3.8) is 0 Å². The van der Waals surface area contributed by atoms with E-state index >= 15 is 0 Å². The topological polar surface area (TPSA) is 54.9 Å². The second kappa shape index (κ2) is 9.15. The fourth-order valence-electron chi connectivity index (χ4n) is 2.16. The van der Waals surface area contributed by atoms with Gasteiger partial charge in [-0.1, -0.05) is 59.1 Å². The number of nitrogens with zero attached hydrogens (tertiary/aromatic N) is 2. The monoisotopic (exact) mass is 367 g/mol. The van der Waals surface area contributed by atoms with Gasteiger partial charge in [-0.25, -0.2) is 0 Å². The first-order valence-corrected chi connectivity index (χ1v) is 9.66. The van der Waals surface area contributed by atoms with Crippen LogP contribution in [0, 0.1) is 0 Å². The number of amides is 1. The maximum atomic E-state index is 11.9. The molecule has 1 heterocycles. The number of benzene rings is 2. The lowest BCUT2D eigenvalue weighted by atomic mass is 10.1. The summed E-state index contributed by atoms with van der Waals surface area (Å²) in [7, 11) is 0. The molecule has 25 heavy (non-hydrogen) atoms. The average molecular weight is 367 g/mol. The molecule has 0 spiro atoms. The summed E-state index contributed by atoms with van der Waals surface area (Å²) in [6, 6.07) is 18.1. The molecule has 0 aliphatic heterocycles. The zero-order valence-electron chi connectivity index (χ0n) is 13.5. The fourth-order valence-corrected chi connectivity index (χ4v) is 3.33. The summed E-state index contributed by atoms with van der Waals surface area (Å²) in [6.07, 6.45) is 1.57. The Morgan fingerprint density at radius 3 is 2.60 bits per heavy atom. The minimum atomic E-state index is -0.0895. The average Bonchev–Trinajstić information content (AvgIpc) is 3.20. The number of hydrogen-bond donors (Lipinski definition) is 1. The molecule has 0 aliphatic carbocycles. The van der Waals surface area contributed by atoms with E-state index in [9.17, 15) is 4.79 Å². The van der Waals surface area contributed by atoms with Crippen molar-refractivity contribution in [3.8, 4) is 11.3 Å². The zero-order valence-corrected chi connectivity index (χ0v) is 15.1. The molecule has 3 rings (SSSR count). The van der Waals surface area contributed by atoms with Gasteiger partial charge in [0.25, 0.3) is 0 Å². The summed E-state index contributed by atoms with van der Waals surface area (Å²) >= 11 is 2.94. The molecule has 0 fully saturated rings. The predicted octanol–water partition coefficient (Wildman–Crippen LogP) is 4.27.